The van der Waals surface area contributed by atoms with Gasteiger partial charge >= 0.3 is 6.03 Å². The smallest absolute Gasteiger partial charge is 0.315 e. The van der Waals surface area contributed by atoms with Crippen molar-refractivity contribution in [2.45, 2.75) is 44.0 Å². The predicted molar refractivity (Wildman–Crippen MR) is 123 cm³/mol. The van der Waals surface area contributed by atoms with E-state index in [2.05, 4.69) is 15.4 Å². The summed E-state index contributed by atoms with van der Waals surface area (Å²) in [5.74, 6) is -0.0439. The number of aryl methyl sites for hydroxylation is 1. The van der Waals surface area contributed by atoms with Gasteiger partial charge in [0, 0.05) is 19.6 Å². The summed E-state index contributed by atoms with van der Waals surface area (Å²) in [6.07, 6.45) is 3.61. The molecule has 3 N–H and O–H groups in total. The quantitative estimate of drug-likeness (QED) is 0.523. The molecule has 0 aliphatic heterocycles. The average molecular weight is 482 g/mol. The molecule has 2 aromatic carbocycles. The Bertz CT molecular complexity index is 1020. The first-order valence-corrected chi connectivity index (χ1v) is 12.6. The van der Waals surface area contributed by atoms with Gasteiger partial charge in [0.1, 0.15) is 5.82 Å². The summed E-state index contributed by atoms with van der Waals surface area (Å²) < 4.78 is 40.7. The van der Waals surface area contributed by atoms with Gasteiger partial charge in [0.2, 0.25) is 10.0 Å². The Hall–Kier alpha value is -2.16. The standard InChI is InChI=1S/C23H29ClFN3O3S/c1-16-2-4-17(5-3-16)13-26-23(29)27-14-18-6-8-19(9-7-18)15-28-32(30,31)20-10-11-22(25)21(24)12-20/h2-5,10-12,18-19,28H,6-9,13-15H2,1H3,(H2,26,27,29). The largest absolute Gasteiger partial charge is 0.338 e. The van der Waals surface area contributed by atoms with Crippen molar-refractivity contribution in [2.24, 2.45) is 11.8 Å². The van der Waals surface area contributed by atoms with E-state index in [4.69, 9.17) is 11.6 Å². The lowest BCUT2D eigenvalue weighted by Crippen LogP contribution is -2.39. The van der Waals surface area contributed by atoms with Crippen LogP contribution < -0.4 is 15.4 Å². The summed E-state index contributed by atoms with van der Waals surface area (Å²) in [6.45, 7) is 3.44. The monoisotopic (exact) mass is 481 g/mol. The lowest BCUT2D eigenvalue weighted by Gasteiger charge is -2.28. The summed E-state index contributed by atoms with van der Waals surface area (Å²) in [7, 11) is -3.73. The summed E-state index contributed by atoms with van der Waals surface area (Å²) >= 11 is 5.69. The van der Waals surface area contributed by atoms with Crippen molar-refractivity contribution < 1.29 is 17.6 Å². The number of carbonyl (C=O) groups excluding carboxylic acids is 1. The van der Waals surface area contributed by atoms with Gasteiger partial charge in [-0.15, -0.1) is 0 Å². The van der Waals surface area contributed by atoms with Crippen LogP contribution >= 0.6 is 11.6 Å². The fourth-order valence-electron chi connectivity index (χ4n) is 3.78. The second kappa shape index (κ2) is 11.1. The Morgan fingerprint density at radius 2 is 1.62 bits per heavy atom. The number of urea groups is 1. The SMILES string of the molecule is Cc1ccc(CNC(=O)NCC2CCC(CNS(=O)(=O)c3ccc(F)c(Cl)c3)CC2)cc1. The van der Waals surface area contributed by atoms with Gasteiger partial charge < -0.3 is 10.6 Å². The van der Waals surface area contributed by atoms with Crippen molar-refractivity contribution in [1.82, 2.24) is 15.4 Å². The zero-order chi connectivity index (χ0) is 23.1. The normalized spacial score (nSPS) is 18.8. The molecule has 1 fully saturated rings. The first kappa shape index (κ1) is 24.5. The Balaban J connectivity index is 1.35. The molecule has 0 saturated heterocycles. The lowest BCUT2D eigenvalue weighted by molar-refractivity contribution is 0.230. The molecule has 1 aliphatic rings. The molecule has 0 spiro atoms. The zero-order valence-corrected chi connectivity index (χ0v) is 19.6. The van der Waals surface area contributed by atoms with E-state index in [1.54, 1.807) is 0 Å². The van der Waals surface area contributed by atoms with E-state index in [0.717, 1.165) is 43.4 Å². The number of hydrogen-bond acceptors (Lipinski definition) is 3. The van der Waals surface area contributed by atoms with Gasteiger partial charge in [-0.3, -0.25) is 0 Å². The third kappa shape index (κ3) is 7.18. The Morgan fingerprint density at radius 1 is 1.00 bits per heavy atom. The highest BCUT2D eigenvalue weighted by Crippen LogP contribution is 2.28. The van der Waals surface area contributed by atoms with Crippen LogP contribution in [-0.2, 0) is 16.6 Å². The maximum absolute atomic E-state index is 13.3. The van der Waals surface area contributed by atoms with E-state index in [1.807, 2.05) is 31.2 Å². The second-order valence-electron chi connectivity index (χ2n) is 8.36. The van der Waals surface area contributed by atoms with Crippen LogP contribution in [0.15, 0.2) is 47.4 Å². The van der Waals surface area contributed by atoms with Crippen molar-refractivity contribution in [3.63, 3.8) is 0 Å². The molecule has 1 aliphatic carbocycles. The number of nitrogens with one attached hydrogen (secondary N) is 3. The van der Waals surface area contributed by atoms with Crippen LogP contribution in [0, 0.1) is 24.6 Å². The number of benzene rings is 2. The van der Waals surface area contributed by atoms with Gasteiger partial charge in [0.25, 0.3) is 0 Å². The van der Waals surface area contributed by atoms with Gasteiger partial charge in [-0.25, -0.2) is 22.3 Å². The minimum atomic E-state index is -3.73. The Kier molecular flexibility index (Phi) is 8.51. The number of carbonyl (C=O) groups is 1. The van der Waals surface area contributed by atoms with E-state index in [0.29, 0.717) is 25.6 Å². The molecule has 9 heteroatoms. The van der Waals surface area contributed by atoms with Crippen LogP contribution in [0.25, 0.3) is 0 Å². The molecule has 3 rings (SSSR count). The first-order valence-electron chi connectivity index (χ1n) is 10.7. The fraction of sp³-hybridized carbons (Fsp3) is 0.435. The van der Waals surface area contributed by atoms with Crippen LogP contribution in [0.2, 0.25) is 5.02 Å². The van der Waals surface area contributed by atoms with E-state index < -0.39 is 15.8 Å². The zero-order valence-electron chi connectivity index (χ0n) is 18.0. The maximum Gasteiger partial charge on any atom is 0.315 e. The molecule has 1 saturated carbocycles. The minimum Gasteiger partial charge on any atom is -0.338 e. The predicted octanol–water partition coefficient (Wildman–Crippen LogP) is 4.37. The lowest BCUT2D eigenvalue weighted by atomic mass is 9.82. The molecule has 174 valence electrons. The van der Waals surface area contributed by atoms with E-state index >= 15 is 0 Å². The number of halogens is 2. The topological polar surface area (TPSA) is 87.3 Å². The van der Waals surface area contributed by atoms with Gasteiger partial charge in [-0.05, 0) is 68.2 Å². The highest BCUT2D eigenvalue weighted by Gasteiger charge is 2.24. The maximum atomic E-state index is 13.3. The fourth-order valence-corrected chi connectivity index (χ4v) is 5.17. The first-order chi connectivity index (χ1) is 15.2. The molecule has 0 bridgehead atoms. The van der Waals surface area contributed by atoms with Gasteiger partial charge in [-0.1, -0.05) is 41.4 Å². The molecular weight excluding hydrogens is 453 g/mol. The van der Waals surface area contributed by atoms with Crippen LogP contribution in [0.3, 0.4) is 0 Å². The van der Waals surface area contributed by atoms with Crippen molar-refractivity contribution in [3.8, 4) is 0 Å². The molecule has 0 radical (unpaired) electrons. The third-order valence-corrected chi connectivity index (χ3v) is 7.57. The van der Waals surface area contributed by atoms with Gasteiger partial charge in [-0.2, -0.15) is 0 Å². The van der Waals surface area contributed by atoms with E-state index in [-0.39, 0.29) is 21.9 Å². The molecule has 32 heavy (non-hydrogen) atoms. The Labute approximate surface area is 194 Å². The molecule has 0 atom stereocenters. The summed E-state index contributed by atoms with van der Waals surface area (Å²) in [6, 6.07) is 11.2. The van der Waals surface area contributed by atoms with Gasteiger partial charge in [0.05, 0.1) is 9.92 Å². The summed E-state index contributed by atoms with van der Waals surface area (Å²) in [5.41, 5.74) is 2.23. The van der Waals surface area contributed by atoms with E-state index in [1.165, 1.54) is 11.6 Å². The summed E-state index contributed by atoms with van der Waals surface area (Å²) in [4.78, 5) is 12.0. The minimum absolute atomic E-state index is 0.0431. The third-order valence-electron chi connectivity index (χ3n) is 5.85. The highest BCUT2D eigenvalue weighted by atomic mass is 35.5. The van der Waals surface area contributed by atoms with Crippen LogP contribution in [0.1, 0.15) is 36.8 Å². The molecule has 0 unspecified atom stereocenters. The van der Waals surface area contributed by atoms with Crippen molar-refractivity contribution in [1.29, 1.82) is 0 Å². The molecule has 0 aromatic heterocycles. The summed E-state index contributed by atoms with van der Waals surface area (Å²) in [5, 5.41) is 5.58. The van der Waals surface area contributed by atoms with Crippen LogP contribution in [-0.4, -0.2) is 27.5 Å². The van der Waals surface area contributed by atoms with Crippen molar-refractivity contribution in [3.05, 3.63) is 64.4 Å². The van der Waals surface area contributed by atoms with Crippen LogP contribution in [0.4, 0.5) is 9.18 Å². The number of hydrogen-bond donors (Lipinski definition) is 3. The molecule has 0 heterocycles. The molecule has 6 nitrogen and oxygen atoms in total. The second-order valence-corrected chi connectivity index (χ2v) is 10.5. The average Bonchev–Trinajstić information content (AvgIpc) is 2.78. The number of rotatable bonds is 8. The Morgan fingerprint density at radius 3 is 2.25 bits per heavy atom. The van der Waals surface area contributed by atoms with Gasteiger partial charge in [0.15, 0.2) is 0 Å². The van der Waals surface area contributed by atoms with E-state index in [9.17, 15) is 17.6 Å². The number of amides is 2. The van der Waals surface area contributed by atoms with Crippen molar-refractivity contribution in [2.75, 3.05) is 13.1 Å². The number of sulfonamides is 1. The van der Waals surface area contributed by atoms with Crippen LogP contribution in [0.5, 0.6) is 0 Å². The van der Waals surface area contributed by atoms with Crippen molar-refractivity contribution >= 4 is 27.7 Å². The molecule has 2 amide bonds. The molecular formula is C23H29ClFN3O3S. The molecule has 2 aromatic rings. The highest BCUT2D eigenvalue weighted by molar-refractivity contribution is 7.89.